The maximum Gasteiger partial charge on any atom is 0.410 e. The summed E-state index contributed by atoms with van der Waals surface area (Å²) in [5.41, 5.74) is 2.52. The first-order valence-corrected chi connectivity index (χ1v) is 9.12. The Hall–Kier alpha value is -1.07. The van der Waals surface area contributed by atoms with Crippen molar-refractivity contribution in [2.45, 2.75) is 58.1 Å². The second-order valence-corrected chi connectivity index (χ2v) is 8.20. The standard InChI is InChI=1S/C17H26N2O2S/c1-17(2,3)21-16(20)19-9-8-18-14(10-19)13-11-22-15-7-5-4-6-12(13)15/h11,14,18H,4-10H2,1-3H3. The van der Waals surface area contributed by atoms with Gasteiger partial charge in [-0.1, -0.05) is 0 Å². The molecule has 0 bridgehead atoms. The molecule has 1 aromatic rings. The highest BCUT2D eigenvalue weighted by Crippen LogP contribution is 2.34. The van der Waals surface area contributed by atoms with E-state index >= 15 is 0 Å². The van der Waals surface area contributed by atoms with Gasteiger partial charge in [0.15, 0.2) is 0 Å². The van der Waals surface area contributed by atoms with Crippen molar-refractivity contribution in [3.8, 4) is 0 Å². The quantitative estimate of drug-likeness (QED) is 0.860. The second-order valence-electron chi connectivity index (χ2n) is 7.23. The van der Waals surface area contributed by atoms with Crippen LogP contribution in [0, 0.1) is 0 Å². The number of carbonyl (C=O) groups excluding carboxylic acids is 1. The van der Waals surface area contributed by atoms with Gasteiger partial charge >= 0.3 is 6.09 Å². The molecule has 1 fully saturated rings. The molecule has 1 aromatic heterocycles. The summed E-state index contributed by atoms with van der Waals surface area (Å²) in [7, 11) is 0. The number of amides is 1. The summed E-state index contributed by atoms with van der Waals surface area (Å²) in [5.74, 6) is 0. The van der Waals surface area contributed by atoms with Crippen LogP contribution in [-0.4, -0.2) is 36.2 Å². The maximum atomic E-state index is 12.3. The first-order valence-electron chi connectivity index (χ1n) is 8.24. The molecule has 1 unspecified atom stereocenters. The van der Waals surface area contributed by atoms with Gasteiger partial charge in [-0.05, 0) is 63.0 Å². The number of hydrogen-bond donors (Lipinski definition) is 1. The Kier molecular flexibility index (Phi) is 4.46. The average molecular weight is 322 g/mol. The van der Waals surface area contributed by atoms with Crippen molar-refractivity contribution in [1.29, 1.82) is 0 Å². The van der Waals surface area contributed by atoms with Crippen LogP contribution >= 0.6 is 11.3 Å². The number of nitrogens with one attached hydrogen (secondary N) is 1. The van der Waals surface area contributed by atoms with Crippen molar-refractivity contribution in [1.82, 2.24) is 10.2 Å². The third kappa shape index (κ3) is 3.46. The Balaban J connectivity index is 1.71. The van der Waals surface area contributed by atoms with E-state index < -0.39 is 5.60 Å². The van der Waals surface area contributed by atoms with Crippen LogP contribution in [0.5, 0.6) is 0 Å². The van der Waals surface area contributed by atoms with Gasteiger partial charge in [0.1, 0.15) is 5.60 Å². The van der Waals surface area contributed by atoms with Gasteiger partial charge in [0, 0.05) is 24.5 Å². The number of thiophene rings is 1. The summed E-state index contributed by atoms with van der Waals surface area (Å²) in [6.07, 6.45) is 4.83. The number of fused-ring (bicyclic) bond motifs is 1. The zero-order valence-corrected chi connectivity index (χ0v) is 14.6. The topological polar surface area (TPSA) is 41.6 Å². The number of hydrogen-bond acceptors (Lipinski definition) is 4. The molecule has 1 amide bonds. The van der Waals surface area contributed by atoms with Crippen LogP contribution in [-0.2, 0) is 17.6 Å². The Bertz CT molecular complexity index is 547. The molecule has 3 rings (SSSR count). The van der Waals surface area contributed by atoms with Crippen LogP contribution < -0.4 is 5.32 Å². The number of rotatable bonds is 1. The third-order valence-electron chi connectivity index (χ3n) is 4.30. The van der Waals surface area contributed by atoms with Crippen LogP contribution in [0.25, 0.3) is 0 Å². The number of piperazine rings is 1. The van der Waals surface area contributed by atoms with E-state index in [4.69, 9.17) is 4.74 Å². The van der Waals surface area contributed by atoms with Crippen LogP contribution in [0.2, 0.25) is 0 Å². The lowest BCUT2D eigenvalue weighted by molar-refractivity contribution is 0.0195. The van der Waals surface area contributed by atoms with Crippen molar-refractivity contribution in [3.05, 3.63) is 21.4 Å². The fraction of sp³-hybridized carbons (Fsp3) is 0.706. The van der Waals surface area contributed by atoms with E-state index in [1.54, 1.807) is 10.4 Å². The monoisotopic (exact) mass is 322 g/mol. The van der Waals surface area contributed by atoms with Gasteiger partial charge in [-0.2, -0.15) is 0 Å². The van der Waals surface area contributed by atoms with Gasteiger partial charge in [-0.3, -0.25) is 0 Å². The molecule has 2 heterocycles. The SMILES string of the molecule is CC(C)(C)OC(=O)N1CCNC(c2csc3c2CCCC3)C1. The number of carbonyl (C=O) groups is 1. The highest BCUT2D eigenvalue weighted by Gasteiger charge is 2.30. The van der Waals surface area contributed by atoms with Gasteiger partial charge in [0.2, 0.25) is 0 Å². The van der Waals surface area contributed by atoms with E-state index in [-0.39, 0.29) is 12.1 Å². The minimum atomic E-state index is -0.432. The first-order chi connectivity index (χ1) is 10.4. The van der Waals surface area contributed by atoms with Crippen LogP contribution in [0.1, 0.15) is 55.7 Å². The molecule has 0 aromatic carbocycles. The molecule has 0 radical (unpaired) electrons. The maximum absolute atomic E-state index is 12.3. The van der Waals surface area contributed by atoms with E-state index in [0.717, 1.165) is 13.1 Å². The Morgan fingerprint density at radius 2 is 2.14 bits per heavy atom. The Morgan fingerprint density at radius 1 is 1.36 bits per heavy atom. The lowest BCUT2D eigenvalue weighted by Crippen LogP contribution is -2.49. The molecule has 1 aliphatic carbocycles. The van der Waals surface area contributed by atoms with E-state index in [9.17, 15) is 4.79 Å². The van der Waals surface area contributed by atoms with Gasteiger partial charge in [0.05, 0.1) is 6.04 Å². The van der Waals surface area contributed by atoms with Crippen LogP contribution in [0.3, 0.4) is 0 Å². The summed E-state index contributed by atoms with van der Waals surface area (Å²) < 4.78 is 5.52. The van der Waals surface area contributed by atoms with Gasteiger partial charge < -0.3 is 15.0 Å². The summed E-state index contributed by atoms with van der Waals surface area (Å²) >= 11 is 1.89. The zero-order valence-electron chi connectivity index (χ0n) is 13.8. The largest absolute Gasteiger partial charge is 0.444 e. The Labute approximate surface area is 136 Å². The van der Waals surface area contributed by atoms with E-state index in [0.29, 0.717) is 6.54 Å². The average Bonchev–Trinajstić information content (AvgIpc) is 2.89. The molecule has 0 saturated carbocycles. The molecule has 122 valence electrons. The molecule has 22 heavy (non-hydrogen) atoms. The van der Waals surface area contributed by atoms with E-state index in [1.807, 2.05) is 37.0 Å². The van der Waals surface area contributed by atoms with Gasteiger partial charge in [-0.25, -0.2) is 4.79 Å². The second kappa shape index (κ2) is 6.20. The van der Waals surface area contributed by atoms with E-state index in [1.165, 1.54) is 31.2 Å². The van der Waals surface area contributed by atoms with Crippen molar-refractivity contribution >= 4 is 17.4 Å². The summed E-state index contributed by atoms with van der Waals surface area (Å²) in [5, 5.41) is 5.87. The van der Waals surface area contributed by atoms with Crippen molar-refractivity contribution in [2.24, 2.45) is 0 Å². The number of aryl methyl sites for hydroxylation is 1. The summed E-state index contributed by atoms with van der Waals surface area (Å²) in [6, 6.07) is 0.249. The fourth-order valence-electron chi connectivity index (χ4n) is 3.26. The molecule has 1 aliphatic heterocycles. The molecule has 1 atom stereocenters. The minimum absolute atomic E-state index is 0.192. The number of ether oxygens (including phenoxy) is 1. The highest BCUT2D eigenvalue weighted by atomic mass is 32.1. The zero-order chi connectivity index (χ0) is 15.7. The van der Waals surface area contributed by atoms with Crippen molar-refractivity contribution < 1.29 is 9.53 Å². The van der Waals surface area contributed by atoms with Gasteiger partial charge in [-0.15, -0.1) is 11.3 Å². The van der Waals surface area contributed by atoms with Gasteiger partial charge in [0.25, 0.3) is 0 Å². The number of nitrogens with zero attached hydrogens (tertiary/aromatic N) is 1. The molecule has 0 spiro atoms. The van der Waals surface area contributed by atoms with E-state index in [2.05, 4.69) is 10.7 Å². The summed E-state index contributed by atoms with van der Waals surface area (Å²) in [4.78, 5) is 15.7. The molecular formula is C17H26N2O2S. The van der Waals surface area contributed by atoms with Crippen LogP contribution in [0.4, 0.5) is 4.79 Å². The molecule has 1 saturated heterocycles. The predicted octanol–water partition coefficient (Wildman–Crippen LogP) is 3.51. The highest BCUT2D eigenvalue weighted by molar-refractivity contribution is 7.10. The normalized spacial score (nSPS) is 22.3. The van der Waals surface area contributed by atoms with Crippen molar-refractivity contribution in [3.63, 3.8) is 0 Å². The lowest BCUT2D eigenvalue weighted by Gasteiger charge is -2.35. The molecule has 5 heteroatoms. The predicted molar refractivity (Wildman–Crippen MR) is 89.5 cm³/mol. The minimum Gasteiger partial charge on any atom is -0.444 e. The molecular weight excluding hydrogens is 296 g/mol. The van der Waals surface area contributed by atoms with Crippen LogP contribution in [0.15, 0.2) is 5.38 Å². The summed E-state index contributed by atoms with van der Waals surface area (Å²) in [6.45, 7) is 8.00. The molecule has 1 N–H and O–H groups in total. The molecule has 2 aliphatic rings. The Morgan fingerprint density at radius 3 is 2.91 bits per heavy atom. The lowest BCUT2D eigenvalue weighted by atomic mass is 9.92. The first kappa shape index (κ1) is 15.8. The third-order valence-corrected chi connectivity index (χ3v) is 5.40. The molecule has 4 nitrogen and oxygen atoms in total. The smallest absolute Gasteiger partial charge is 0.410 e. The van der Waals surface area contributed by atoms with Crippen molar-refractivity contribution in [2.75, 3.05) is 19.6 Å². The fourth-order valence-corrected chi connectivity index (χ4v) is 4.46.